The normalized spacial score (nSPS) is 13.4. The maximum Gasteiger partial charge on any atom is 0.0716 e. The van der Waals surface area contributed by atoms with Gasteiger partial charge in [0, 0.05) is 33.0 Å². The molecule has 1 heterocycles. The van der Waals surface area contributed by atoms with Crippen LogP contribution in [0.15, 0.2) is 210 Å². The van der Waals surface area contributed by atoms with Crippen LogP contribution in [0.25, 0.3) is 66.6 Å². The average Bonchev–Trinajstić information content (AvgIpc) is 3.74. The van der Waals surface area contributed by atoms with Crippen molar-refractivity contribution < 1.29 is 0 Å². The minimum Gasteiger partial charge on any atom is -0.309 e. The summed E-state index contributed by atoms with van der Waals surface area (Å²) in [5, 5.41) is 2.35. The molecule has 0 spiro atoms. The van der Waals surface area contributed by atoms with Gasteiger partial charge in [0.2, 0.25) is 0 Å². The number of nitrogens with zero attached hydrogens (tertiary/aromatic N) is 3. The highest BCUT2D eigenvalue weighted by atomic mass is 15.0. The van der Waals surface area contributed by atoms with Gasteiger partial charge in [-0.3, -0.25) is 9.98 Å². The SMILES string of the molecule is C=N/C(=C\C(=NCc1ccccc1)c1ccc2c(c1)c1cc(-c3ccc4c(c3)C(C)(C)c3ccccc3-4)ccc1n2-c1ccc(-c2ccccc2)cc1)c1ccccc1. The van der Waals surface area contributed by atoms with Crippen LogP contribution in [-0.4, -0.2) is 17.0 Å². The van der Waals surface area contributed by atoms with Crippen LogP contribution in [0.1, 0.15) is 41.7 Å². The molecular formula is C56H43N3. The lowest BCUT2D eigenvalue weighted by atomic mass is 9.81. The third kappa shape index (κ3) is 6.51. The zero-order chi connectivity index (χ0) is 39.9. The predicted octanol–water partition coefficient (Wildman–Crippen LogP) is 14.2. The van der Waals surface area contributed by atoms with Crippen molar-refractivity contribution in [1.29, 1.82) is 0 Å². The molecule has 0 radical (unpaired) electrons. The molecule has 0 atom stereocenters. The van der Waals surface area contributed by atoms with E-state index in [-0.39, 0.29) is 5.41 Å². The van der Waals surface area contributed by atoms with Crippen molar-refractivity contribution >= 4 is 39.9 Å². The fraction of sp³-hybridized carbons (Fsp3) is 0.0714. The zero-order valence-electron chi connectivity index (χ0n) is 33.3. The van der Waals surface area contributed by atoms with Gasteiger partial charge in [0.05, 0.1) is 29.0 Å². The monoisotopic (exact) mass is 757 g/mol. The molecule has 3 heteroatoms. The highest BCUT2D eigenvalue weighted by molar-refractivity contribution is 6.17. The quantitative estimate of drug-likeness (QED) is 0.131. The maximum atomic E-state index is 5.24. The van der Waals surface area contributed by atoms with Crippen molar-refractivity contribution in [3.63, 3.8) is 0 Å². The molecule has 8 aromatic carbocycles. The Bertz CT molecular complexity index is 3080. The van der Waals surface area contributed by atoms with E-state index in [0.717, 1.165) is 50.2 Å². The lowest BCUT2D eigenvalue weighted by molar-refractivity contribution is 0.660. The predicted molar refractivity (Wildman–Crippen MR) is 250 cm³/mol. The van der Waals surface area contributed by atoms with E-state index < -0.39 is 0 Å². The van der Waals surface area contributed by atoms with Gasteiger partial charge in [-0.1, -0.05) is 166 Å². The Morgan fingerprint density at radius 3 is 1.85 bits per heavy atom. The Balaban J connectivity index is 1.16. The van der Waals surface area contributed by atoms with Gasteiger partial charge in [-0.05, 0) is 105 Å². The minimum atomic E-state index is -0.0786. The lowest BCUT2D eigenvalue weighted by Gasteiger charge is -2.22. The van der Waals surface area contributed by atoms with Gasteiger partial charge < -0.3 is 4.57 Å². The first-order chi connectivity index (χ1) is 29.0. The summed E-state index contributed by atoms with van der Waals surface area (Å²) in [7, 11) is 0. The molecule has 1 aliphatic carbocycles. The summed E-state index contributed by atoms with van der Waals surface area (Å²) < 4.78 is 2.40. The van der Waals surface area contributed by atoms with E-state index in [1.54, 1.807) is 0 Å². The van der Waals surface area contributed by atoms with E-state index in [2.05, 4.69) is 206 Å². The number of fused-ring (bicyclic) bond motifs is 6. The number of aliphatic imine (C=N–C) groups is 2. The molecule has 0 aliphatic heterocycles. The summed E-state index contributed by atoms with van der Waals surface area (Å²) >= 11 is 0. The highest BCUT2D eigenvalue weighted by Crippen LogP contribution is 2.49. The van der Waals surface area contributed by atoms with Crippen LogP contribution in [0, 0.1) is 0 Å². The van der Waals surface area contributed by atoms with E-state index >= 15 is 0 Å². The number of allylic oxidation sites excluding steroid dienone is 1. The zero-order valence-corrected chi connectivity index (χ0v) is 33.3. The first-order valence-electron chi connectivity index (χ1n) is 20.3. The molecule has 10 rings (SSSR count). The molecule has 3 nitrogen and oxygen atoms in total. The molecule has 0 saturated carbocycles. The van der Waals surface area contributed by atoms with Crippen molar-refractivity contribution in [2.75, 3.05) is 0 Å². The Morgan fingerprint density at radius 1 is 0.525 bits per heavy atom. The van der Waals surface area contributed by atoms with E-state index in [1.165, 1.54) is 49.9 Å². The minimum absolute atomic E-state index is 0.0786. The van der Waals surface area contributed by atoms with E-state index in [0.29, 0.717) is 6.54 Å². The fourth-order valence-corrected chi connectivity index (χ4v) is 8.90. The number of rotatable bonds is 9. The molecule has 9 aromatic rings. The summed E-state index contributed by atoms with van der Waals surface area (Å²) in [6.07, 6.45) is 2.07. The largest absolute Gasteiger partial charge is 0.309 e. The molecule has 282 valence electrons. The van der Waals surface area contributed by atoms with Crippen LogP contribution in [0.2, 0.25) is 0 Å². The van der Waals surface area contributed by atoms with Crippen molar-refractivity contribution in [2.45, 2.75) is 25.8 Å². The smallest absolute Gasteiger partial charge is 0.0716 e. The number of hydrogen-bond acceptors (Lipinski definition) is 2. The summed E-state index contributed by atoms with van der Waals surface area (Å²) in [6, 6.07) is 69.7. The molecule has 0 N–H and O–H groups in total. The van der Waals surface area contributed by atoms with Crippen molar-refractivity contribution in [3.05, 3.63) is 228 Å². The van der Waals surface area contributed by atoms with Gasteiger partial charge in [-0.15, -0.1) is 0 Å². The van der Waals surface area contributed by atoms with Crippen molar-refractivity contribution in [1.82, 2.24) is 4.57 Å². The Hall–Kier alpha value is -7.36. The van der Waals surface area contributed by atoms with Gasteiger partial charge in [0.25, 0.3) is 0 Å². The topological polar surface area (TPSA) is 29.6 Å². The third-order valence-corrected chi connectivity index (χ3v) is 12.0. The Labute approximate surface area is 346 Å². The molecule has 1 aromatic heterocycles. The van der Waals surface area contributed by atoms with Crippen LogP contribution in [0.3, 0.4) is 0 Å². The van der Waals surface area contributed by atoms with Gasteiger partial charge in [0.15, 0.2) is 0 Å². The average molecular weight is 758 g/mol. The van der Waals surface area contributed by atoms with E-state index in [9.17, 15) is 0 Å². The summed E-state index contributed by atoms with van der Waals surface area (Å²) in [6.45, 7) is 9.20. The Kier molecular flexibility index (Phi) is 9.07. The number of benzene rings is 8. The van der Waals surface area contributed by atoms with Crippen LogP contribution in [0.4, 0.5) is 0 Å². The van der Waals surface area contributed by atoms with Crippen LogP contribution >= 0.6 is 0 Å². The van der Waals surface area contributed by atoms with Gasteiger partial charge in [0.1, 0.15) is 0 Å². The molecule has 0 unspecified atom stereocenters. The second kappa shape index (κ2) is 14.9. The summed E-state index contributed by atoms with van der Waals surface area (Å²) in [4.78, 5) is 9.73. The molecule has 0 fully saturated rings. The second-order valence-corrected chi connectivity index (χ2v) is 15.9. The molecular weight excluding hydrogens is 715 g/mol. The van der Waals surface area contributed by atoms with Crippen LogP contribution in [-0.2, 0) is 12.0 Å². The first kappa shape index (κ1) is 36.0. The Morgan fingerprint density at radius 2 is 1.10 bits per heavy atom. The fourth-order valence-electron chi connectivity index (χ4n) is 8.90. The molecule has 0 bridgehead atoms. The van der Waals surface area contributed by atoms with Gasteiger partial charge >= 0.3 is 0 Å². The van der Waals surface area contributed by atoms with Crippen LogP contribution in [0.5, 0.6) is 0 Å². The standard InChI is InChI=1S/C56H43N3/c1-56(2)50-22-14-13-21-46(50)47-30-25-43(35-51(47)56)42-26-31-54-48(33-42)49-34-44(27-32-55(49)59(54)45-28-23-40(24-29-45)39-17-9-5-10-18-39)53(58-37-38-15-7-4-8-16-38)36-52(57-3)41-19-11-6-12-20-41/h4-36H,3,37H2,1-2H3/b52-36-,58-53?. The molecule has 59 heavy (non-hydrogen) atoms. The summed E-state index contributed by atoms with van der Waals surface area (Å²) in [5.41, 5.74) is 18.3. The van der Waals surface area contributed by atoms with E-state index in [4.69, 9.17) is 4.99 Å². The summed E-state index contributed by atoms with van der Waals surface area (Å²) in [5.74, 6) is 0. The van der Waals surface area contributed by atoms with Crippen molar-refractivity contribution in [3.8, 4) is 39.1 Å². The third-order valence-electron chi connectivity index (χ3n) is 12.0. The van der Waals surface area contributed by atoms with Crippen molar-refractivity contribution in [2.24, 2.45) is 9.98 Å². The lowest BCUT2D eigenvalue weighted by Crippen LogP contribution is -2.14. The van der Waals surface area contributed by atoms with Gasteiger partial charge in [-0.2, -0.15) is 0 Å². The maximum absolute atomic E-state index is 5.24. The second-order valence-electron chi connectivity index (χ2n) is 15.9. The first-order valence-corrected chi connectivity index (χ1v) is 20.3. The molecule has 0 amide bonds. The number of hydrogen-bond donors (Lipinski definition) is 0. The van der Waals surface area contributed by atoms with Crippen LogP contribution < -0.4 is 0 Å². The molecule has 0 saturated heterocycles. The number of aromatic nitrogens is 1. The van der Waals surface area contributed by atoms with Gasteiger partial charge in [-0.25, -0.2) is 0 Å². The highest BCUT2D eigenvalue weighted by Gasteiger charge is 2.35. The molecule has 1 aliphatic rings. The van der Waals surface area contributed by atoms with E-state index in [1.807, 2.05) is 24.3 Å².